The van der Waals surface area contributed by atoms with Crippen molar-refractivity contribution in [3.05, 3.63) is 63.6 Å². The molecule has 1 atom stereocenters. The maximum absolute atomic E-state index is 12.8. The Balaban J connectivity index is 2.26. The molecule has 0 bridgehead atoms. The van der Waals surface area contributed by atoms with Crippen LogP contribution in [0.15, 0.2) is 42.5 Å². The number of hydrogen-bond acceptors (Lipinski definition) is 3. The van der Waals surface area contributed by atoms with E-state index < -0.39 is 5.54 Å². The van der Waals surface area contributed by atoms with E-state index in [-0.39, 0.29) is 19.1 Å². The topological polar surface area (TPSA) is 61.4 Å². The van der Waals surface area contributed by atoms with Gasteiger partial charge in [0.05, 0.1) is 6.61 Å². The molecule has 0 saturated heterocycles. The summed E-state index contributed by atoms with van der Waals surface area (Å²) in [6.45, 7) is 0.139. The summed E-state index contributed by atoms with van der Waals surface area (Å²) >= 11 is 12.4. The van der Waals surface area contributed by atoms with E-state index in [0.717, 1.165) is 0 Å². The van der Waals surface area contributed by atoms with Crippen LogP contribution in [0, 0.1) is 0 Å². The van der Waals surface area contributed by atoms with Crippen molar-refractivity contribution in [3.63, 3.8) is 0 Å². The molecule has 0 radical (unpaired) electrons. The molecular weight excluding hydrogens is 323 g/mol. The summed E-state index contributed by atoms with van der Waals surface area (Å²) in [4.78, 5) is 12.8. The minimum absolute atomic E-state index is 0.102. The maximum atomic E-state index is 12.8. The molecule has 0 aromatic heterocycles. The van der Waals surface area contributed by atoms with Crippen molar-refractivity contribution >= 4 is 34.8 Å². The highest BCUT2D eigenvalue weighted by Crippen LogP contribution is 2.44. The number of aliphatic hydroxyl groups excluding tert-OH is 1. The first-order chi connectivity index (χ1) is 10.6. The lowest BCUT2D eigenvalue weighted by atomic mass is 9.83. The zero-order chi connectivity index (χ0) is 15.7. The van der Waals surface area contributed by atoms with Gasteiger partial charge in [-0.25, -0.2) is 0 Å². The number of benzene rings is 2. The lowest BCUT2D eigenvalue weighted by Crippen LogP contribution is -2.50. The fourth-order valence-corrected chi connectivity index (χ4v) is 3.27. The number of aliphatic hydroxyl groups is 1. The third-order valence-electron chi connectivity index (χ3n) is 3.75. The molecule has 1 heterocycles. The van der Waals surface area contributed by atoms with E-state index in [1.807, 2.05) is 6.07 Å². The number of amides is 1. The predicted molar refractivity (Wildman–Crippen MR) is 87.4 cm³/mol. The van der Waals surface area contributed by atoms with Crippen molar-refractivity contribution in [1.82, 2.24) is 5.32 Å². The Morgan fingerprint density at radius 3 is 2.64 bits per heavy atom. The van der Waals surface area contributed by atoms with Crippen LogP contribution in [0.4, 0.5) is 5.69 Å². The van der Waals surface area contributed by atoms with E-state index in [0.29, 0.717) is 26.9 Å². The van der Waals surface area contributed by atoms with E-state index in [1.54, 1.807) is 36.4 Å². The van der Waals surface area contributed by atoms with Gasteiger partial charge >= 0.3 is 0 Å². The summed E-state index contributed by atoms with van der Waals surface area (Å²) in [7, 11) is 0. The van der Waals surface area contributed by atoms with Crippen LogP contribution in [0.1, 0.15) is 11.1 Å². The molecule has 1 amide bonds. The van der Waals surface area contributed by atoms with Gasteiger partial charge in [-0.2, -0.15) is 0 Å². The van der Waals surface area contributed by atoms with E-state index in [1.165, 1.54) is 0 Å². The lowest BCUT2D eigenvalue weighted by molar-refractivity contribution is -0.120. The van der Waals surface area contributed by atoms with Crippen LogP contribution >= 0.6 is 23.2 Å². The Bertz CT molecular complexity index is 736. The van der Waals surface area contributed by atoms with Gasteiger partial charge in [-0.3, -0.25) is 10.1 Å². The summed E-state index contributed by atoms with van der Waals surface area (Å²) in [6.07, 6.45) is 0. The molecule has 3 rings (SSSR count). The molecule has 0 saturated carbocycles. The molecule has 3 N–H and O–H groups in total. The number of anilines is 1. The summed E-state index contributed by atoms with van der Waals surface area (Å²) in [6, 6.07) is 12.4. The van der Waals surface area contributed by atoms with Crippen molar-refractivity contribution in [2.45, 2.75) is 5.54 Å². The van der Waals surface area contributed by atoms with Crippen molar-refractivity contribution < 1.29 is 9.90 Å². The van der Waals surface area contributed by atoms with Gasteiger partial charge in [-0.15, -0.1) is 0 Å². The largest absolute Gasteiger partial charge is 0.395 e. The molecule has 6 heteroatoms. The zero-order valence-corrected chi connectivity index (χ0v) is 13.1. The maximum Gasteiger partial charge on any atom is 0.254 e. The normalized spacial score (nSPS) is 19.9. The van der Waals surface area contributed by atoms with Gasteiger partial charge in [0, 0.05) is 33.4 Å². The summed E-state index contributed by atoms with van der Waals surface area (Å²) in [5.41, 5.74) is 0.844. The van der Waals surface area contributed by atoms with Crippen LogP contribution in [-0.2, 0) is 10.3 Å². The van der Waals surface area contributed by atoms with Gasteiger partial charge in [0.15, 0.2) is 5.54 Å². The third-order valence-corrected chi connectivity index (χ3v) is 4.32. The quantitative estimate of drug-likeness (QED) is 0.804. The fourth-order valence-electron chi connectivity index (χ4n) is 2.82. The Morgan fingerprint density at radius 2 is 1.91 bits per heavy atom. The Hall–Kier alpha value is -1.59. The summed E-state index contributed by atoms with van der Waals surface area (Å²) < 4.78 is 0. The van der Waals surface area contributed by atoms with Crippen LogP contribution < -0.4 is 10.6 Å². The van der Waals surface area contributed by atoms with Gasteiger partial charge in [-0.1, -0.05) is 41.4 Å². The number of halogens is 2. The van der Waals surface area contributed by atoms with E-state index in [4.69, 9.17) is 23.2 Å². The molecule has 2 aromatic rings. The van der Waals surface area contributed by atoms with Crippen LogP contribution in [0.25, 0.3) is 0 Å². The standard InChI is InChI=1S/C16H14Cl2N2O2/c17-10-5-6-14-12(9-10)16(15(22)20-14,19-7-8-21)11-3-1-2-4-13(11)18/h1-6,9,19,21H,7-8H2,(H,20,22). The first-order valence-corrected chi connectivity index (χ1v) is 7.57. The van der Waals surface area contributed by atoms with Gasteiger partial charge in [-0.05, 0) is 24.3 Å². The van der Waals surface area contributed by atoms with Crippen LogP contribution in [-0.4, -0.2) is 24.2 Å². The van der Waals surface area contributed by atoms with Crippen molar-refractivity contribution in [1.29, 1.82) is 0 Å². The first-order valence-electron chi connectivity index (χ1n) is 6.82. The lowest BCUT2D eigenvalue weighted by Gasteiger charge is -2.30. The Labute approximate surface area is 138 Å². The predicted octanol–water partition coefficient (Wildman–Crippen LogP) is 2.77. The molecule has 0 aliphatic carbocycles. The Morgan fingerprint density at radius 1 is 1.14 bits per heavy atom. The highest BCUT2D eigenvalue weighted by atomic mass is 35.5. The van der Waals surface area contributed by atoms with Gasteiger partial charge in [0.1, 0.15) is 0 Å². The second-order valence-electron chi connectivity index (χ2n) is 5.02. The van der Waals surface area contributed by atoms with Crippen LogP contribution in [0.3, 0.4) is 0 Å². The van der Waals surface area contributed by atoms with Gasteiger partial charge in [0.2, 0.25) is 0 Å². The number of rotatable bonds is 4. The van der Waals surface area contributed by atoms with E-state index in [2.05, 4.69) is 10.6 Å². The van der Waals surface area contributed by atoms with Crippen LogP contribution in [0.2, 0.25) is 10.0 Å². The highest BCUT2D eigenvalue weighted by molar-refractivity contribution is 6.32. The molecule has 2 aromatic carbocycles. The summed E-state index contributed by atoms with van der Waals surface area (Å²) in [5.74, 6) is -0.244. The van der Waals surface area contributed by atoms with Crippen LogP contribution in [0.5, 0.6) is 0 Å². The number of nitrogens with one attached hydrogen (secondary N) is 2. The summed E-state index contributed by atoms with van der Waals surface area (Å²) in [5, 5.41) is 16.2. The third kappa shape index (κ3) is 2.29. The minimum atomic E-state index is -1.17. The molecule has 0 fully saturated rings. The second-order valence-corrected chi connectivity index (χ2v) is 5.87. The fraction of sp³-hybridized carbons (Fsp3) is 0.188. The molecule has 114 valence electrons. The monoisotopic (exact) mass is 336 g/mol. The molecular formula is C16H14Cl2N2O2. The zero-order valence-electron chi connectivity index (χ0n) is 11.6. The number of carbonyl (C=O) groups is 1. The second kappa shape index (κ2) is 5.89. The number of carbonyl (C=O) groups excluding carboxylic acids is 1. The average Bonchev–Trinajstić information content (AvgIpc) is 2.78. The SMILES string of the molecule is O=C1Nc2ccc(Cl)cc2C1(NCCO)c1ccccc1Cl. The van der Waals surface area contributed by atoms with Crippen molar-refractivity contribution in [2.75, 3.05) is 18.5 Å². The van der Waals surface area contributed by atoms with Gasteiger partial charge in [0.25, 0.3) is 5.91 Å². The molecule has 1 aliphatic heterocycles. The molecule has 0 spiro atoms. The first kappa shape index (κ1) is 15.3. The Kier molecular flexibility index (Phi) is 4.10. The van der Waals surface area contributed by atoms with Gasteiger partial charge < -0.3 is 10.4 Å². The molecule has 22 heavy (non-hydrogen) atoms. The van der Waals surface area contributed by atoms with Crippen molar-refractivity contribution in [3.8, 4) is 0 Å². The number of fused-ring (bicyclic) bond motifs is 1. The highest BCUT2D eigenvalue weighted by Gasteiger charge is 2.49. The molecule has 1 unspecified atom stereocenters. The average molecular weight is 337 g/mol. The molecule has 1 aliphatic rings. The number of hydrogen-bond donors (Lipinski definition) is 3. The molecule has 4 nitrogen and oxygen atoms in total. The van der Waals surface area contributed by atoms with E-state index >= 15 is 0 Å². The minimum Gasteiger partial charge on any atom is -0.395 e. The smallest absolute Gasteiger partial charge is 0.254 e. The van der Waals surface area contributed by atoms with Crippen molar-refractivity contribution in [2.24, 2.45) is 0 Å². The van der Waals surface area contributed by atoms with E-state index in [9.17, 15) is 9.90 Å².